The number of nitrogens with zero attached hydrogens (tertiary/aromatic N) is 2. The zero-order valence-corrected chi connectivity index (χ0v) is 15.2. The van der Waals surface area contributed by atoms with Gasteiger partial charge in [0.2, 0.25) is 0 Å². The highest BCUT2D eigenvalue weighted by Crippen LogP contribution is 2.13. The maximum absolute atomic E-state index is 12.2. The van der Waals surface area contributed by atoms with Crippen LogP contribution in [0, 0.1) is 0 Å². The van der Waals surface area contributed by atoms with Gasteiger partial charge in [-0.15, -0.1) is 0 Å². The monoisotopic (exact) mass is 362 g/mol. The molecular weight excluding hydrogens is 340 g/mol. The molecule has 0 atom stereocenters. The van der Waals surface area contributed by atoms with Crippen molar-refractivity contribution in [3.63, 3.8) is 0 Å². The van der Waals surface area contributed by atoms with E-state index in [1.165, 1.54) is 0 Å². The number of ether oxygens (including phenoxy) is 1. The first-order valence-corrected chi connectivity index (χ1v) is 8.74. The van der Waals surface area contributed by atoms with Crippen molar-refractivity contribution >= 4 is 11.6 Å². The van der Waals surface area contributed by atoms with Gasteiger partial charge in [0.1, 0.15) is 11.4 Å². The molecule has 0 fully saturated rings. The van der Waals surface area contributed by atoms with Gasteiger partial charge in [0, 0.05) is 25.5 Å². The van der Waals surface area contributed by atoms with Crippen LogP contribution in [0.15, 0.2) is 67.1 Å². The Morgan fingerprint density at radius 1 is 1.07 bits per heavy atom. The van der Waals surface area contributed by atoms with E-state index in [0.29, 0.717) is 18.8 Å². The second-order valence-corrected chi connectivity index (χ2v) is 6.00. The number of benzene rings is 1. The molecule has 6 nitrogen and oxygen atoms in total. The minimum Gasteiger partial charge on any atom is -0.497 e. The first kappa shape index (κ1) is 18.4. The molecule has 1 aromatic carbocycles. The molecule has 3 rings (SSSR count). The van der Waals surface area contributed by atoms with E-state index in [-0.39, 0.29) is 5.91 Å². The molecule has 27 heavy (non-hydrogen) atoms. The van der Waals surface area contributed by atoms with Crippen LogP contribution in [-0.2, 0) is 13.0 Å². The minimum atomic E-state index is -0.182. The summed E-state index contributed by atoms with van der Waals surface area (Å²) in [5.74, 6) is 0.633. The fraction of sp³-hybridized carbons (Fsp3) is 0.190. The topological polar surface area (TPSA) is 76.1 Å². The fourth-order valence-corrected chi connectivity index (χ4v) is 2.58. The van der Waals surface area contributed by atoms with Gasteiger partial charge in [0.15, 0.2) is 0 Å². The zero-order valence-electron chi connectivity index (χ0n) is 15.2. The number of nitrogens with one attached hydrogen (secondary N) is 2. The van der Waals surface area contributed by atoms with Crippen molar-refractivity contribution in [1.82, 2.24) is 15.3 Å². The van der Waals surface area contributed by atoms with Crippen LogP contribution < -0.4 is 15.4 Å². The molecule has 138 valence electrons. The number of carbonyl (C=O) groups is 1. The van der Waals surface area contributed by atoms with Gasteiger partial charge in [-0.1, -0.05) is 12.1 Å². The van der Waals surface area contributed by atoms with Gasteiger partial charge in [-0.05, 0) is 53.9 Å². The lowest BCUT2D eigenvalue weighted by Crippen LogP contribution is -2.26. The summed E-state index contributed by atoms with van der Waals surface area (Å²) in [7, 11) is 1.64. The summed E-state index contributed by atoms with van der Waals surface area (Å²) in [6.07, 6.45) is 5.91. The first-order valence-electron chi connectivity index (χ1n) is 8.74. The Bertz CT molecular complexity index is 867. The predicted octanol–water partition coefficient (Wildman–Crippen LogP) is 3.07. The third kappa shape index (κ3) is 5.54. The Morgan fingerprint density at radius 2 is 1.93 bits per heavy atom. The number of anilines is 1. The largest absolute Gasteiger partial charge is 0.497 e. The Morgan fingerprint density at radius 3 is 2.67 bits per heavy atom. The molecule has 2 aromatic heterocycles. The molecule has 0 unspecified atom stereocenters. The minimum absolute atomic E-state index is 0.182. The lowest BCUT2D eigenvalue weighted by molar-refractivity contribution is 0.0949. The van der Waals surface area contributed by atoms with Gasteiger partial charge in [-0.2, -0.15) is 0 Å². The van der Waals surface area contributed by atoms with E-state index in [0.717, 1.165) is 29.0 Å². The van der Waals surface area contributed by atoms with Crippen LogP contribution in [0.2, 0.25) is 0 Å². The van der Waals surface area contributed by atoms with Crippen molar-refractivity contribution in [2.24, 2.45) is 0 Å². The van der Waals surface area contributed by atoms with Crippen molar-refractivity contribution in [3.8, 4) is 5.75 Å². The SMILES string of the molecule is COc1cccc(CCNC(=O)c2ccc(NCc3ccncc3)cn2)c1. The number of amides is 1. The van der Waals surface area contributed by atoms with Crippen LogP contribution in [0.1, 0.15) is 21.6 Å². The molecule has 0 aliphatic rings. The average Bonchev–Trinajstić information content (AvgIpc) is 2.73. The van der Waals surface area contributed by atoms with Crippen LogP contribution in [0.25, 0.3) is 0 Å². The quantitative estimate of drug-likeness (QED) is 0.644. The summed E-state index contributed by atoms with van der Waals surface area (Å²) in [4.78, 5) is 20.5. The number of carbonyl (C=O) groups excluding carboxylic acids is 1. The second-order valence-electron chi connectivity index (χ2n) is 6.00. The van der Waals surface area contributed by atoms with Crippen LogP contribution in [0.3, 0.4) is 0 Å². The highest BCUT2D eigenvalue weighted by Gasteiger charge is 2.07. The van der Waals surface area contributed by atoms with Crippen LogP contribution in [0.5, 0.6) is 5.75 Å². The molecule has 0 aliphatic heterocycles. The molecule has 2 heterocycles. The smallest absolute Gasteiger partial charge is 0.269 e. The van der Waals surface area contributed by atoms with E-state index in [1.807, 2.05) is 42.5 Å². The standard InChI is InChI=1S/C21H22N4O2/c1-27-19-4-2-3-16(13-19)9-12-23-21(26)20-6-5-18(15-25-20)24-14-17-7-10-22-11-8-17/h2-8,10-11,13,15,24H,9,12,14H2,1H3,(H,23,26). The van der Waals surface area contributed by atoms with Crippen molar-refractivity contribution in [2.75, 3.05) is 19.0 Å². The zero-order chi connectivity index (χ0) is 18.9. The number of aromatic nitrogens is 2. The molecule has 0 aliphatic carbocycles. The number of hydrogen-bond acceptors (Lipinski definition) is 5. The van der Waals surface area contributed by atoms with E-state index in [4.69, 9.17) is 4.74 Å². The summed E-state index contributed by atoms with van der Waals surface area (Å²) in [5.41, 5.74) is 3.50. The van der Waals surface area contributed by atoms with Gasteiger partial charge in [-0.3, -0.25) is 9.78 Å². The highest BCUT2D eigenvalue weighted by molar-refractivity contribution is 5.92. The van der Waals surface area contributed by atoms with Crippen molar-refractivity contribution in [3.05, 3.63) is 83.9 Å². The molecule has 1 amide bonds. The first-order chi connectivity index (χ1) is 13.2. The lowest BCUT2D eigenvalue weighted by atomic mass is 10.1. The lowest BCUT2D eigenvalue weighted by Gasteiger charge is -2.08. The summed E-state index contributed by atoms with van der Waals surface area (Å²) >= 11 is 0. The van der Waals surface area contributed by atoms with E-state index in [9.17, 15) is 4.79 Å². The molecule has 0 spiro atoms. The van der Waals surface area contributed by atoms with E-state index in [1.54, 1.807) is 31.8 Å². The van der Waals surface area contributed by atoms with E-state index < -0.39 is 0 Å². The Hall–Kier alpha value is -3.41. The Kier molecular flexibility index (Phi) is 6.35. The molecular formula is C21H22N4O2. The maximum Gasteiger partial charge on any atom is 0.269 e. The van der Waals surface area contributed by atoms with Gasteiger partial charge >= 0.3 is 0 Å². The van der Waals surface area contributed by atoms with Gasteiger partial charge in [-0.25, -0.2) is 4.98 Å². The summed E-state index contributed by atoms with van der Waals surface area (Å²) in [6.45, 7) is 1.21. The van der Waals surface area contributed by atoms with Crippen molar-refractivity contribution in [2.45, 2.75) is 13.0 Å². The van der Waals surface area contributed by atoms with Crippen LogP contribution >= 0.6 is 0 Å². The van der Waals surface area contributed by atoms with Gasteiger partial charge in [0.25, 0.3) is 5.91 Å². The molecule has 2 N–H and O–H groups in total. The summed E-state index contributed by atoms with van der Waals surface area (Å²) < 4.78 is 5.20. The summed E-state index contributed by atoms with van der Waals surface area (Å²) in [5, 5.41) is 6.16. The molecule has 0 radical (unpaired) electrons. The normalized spacial score (nSPS) is 10.3. The highest BCUT2D eigenvalue weighted by atomic mass is 16.5. The number of rotatable bonds is 8. The Balaban J connectivity index is 1.47. The molecule has 0 bridgehead atoms. The van der Waals surface area contributed by atoms with Gasteiger partial charge < -0.3 is 15.4 Å². The second kappa shape index (κ2) is 9.33. The molecule has 3 aromatic rings. The number of pyridine rings is 2. The maximum atomic E-state index is 12.2. The number of methoxy groups -OCH3 is 1. The van der Waals surface area contributed by atoms with Crippen molar-refractivity contribution < 1.29 is 9.53 Å². The predicted molar refractivity (Wildman–Crippen MR) is 105 cm³/mol. The summed E-state index contributed by atoms with van der Waals surface area (Å²) in [6, 6.07) is 15.3. The van der Waals surface area contributed by atoms with Crippen LogP contribution in [0.4, 0.5) is 5.69 Å². The molecule has 6 heteroatoms. The van der Waals surface area contributed by atoms with Gasteiger partial charge in [0.05, 0.1) is 19.0 Å². The van der Waals surface area contributed by atoms with Crippen LogP contribution in [-0.4, -0.2) is 29.5 Å². The number of hydrogen-bond donors (Lipinski definition) is 2. The third-order valence-corrected chi connectivity index (χ3v) is 4.08. The fourth-order valence-electron chi connectivity index (χ4n) is 2.58. The average molecular weight is 362 g/mol. The molecule has 0 saturated heterocycles. The Labute approximate surface area is 158 Å². The molecule has 0 saturated carbocycles. The van der Waals surface area contributed by atoms with Crippen molar-refractivity contribution in [1.29, 1.82) is 0 Å². The van der Waals surface area contributed by atoms with E-state index >= 15 is 0 Å². The van der Waals surface area contributed by atoms with E-state index in [2.05, 4.69) is 20.6 Å². The third-order valence-electron chi connectivity index (χ3n) is 4.08.